The summed E-state index contributed by atoms with van der Waals surface area (Å²) in [5.41, 5.74) is 0. The summed E-state index contributed by atoms with van der Waals surface area (Å²) in [6.07, 6.45) is -3.40. The number of hydrogen-bond acceptors (Lipinski definition) is 8. The zero-order chi connectivity index (χ0) is 18.4. The first kappa shape index (κ1) is 19.9. The second kappa shape index (κ2) is 8.62. The third-order valence-electron chi connectivity index (χ3n) is 3.36. The van der Waals surface area contributed by atoms with Crippen molar-refractivity contribution in [2.75, 3.05) is 6.61 Å². The van der Waals surface area contributed by atoms with Gasteiger partial charge in [0.2, 0.25) is 5.91 Å². The second-order valence-corrected chi connectivity index (χ2v) is 5.56. The molecule has 0 radical (unpaired) electrons. The molecule has 4 unspecified atom stereocenters. The third-order valence-corrected chi connectivity index (χ3v) is 3.36. The Hall–Kier alpha value is -2.16. The number of esters is 3. The summed E-state index contributed by atoms with van der Waals surface area (Å²) < 4.78 is 21.1. The van der Waals surface area contributed by atoms with Crippen LogP contribution in [-0.4, -0.2) is 60.9 Å². The van der Waals surface area contributed by atoms with Crippen LogP contribution in [0.25, 0.3) is 0 Å². The van der Waals surface area contributed by atoms with Crippen LogP contribution in [0, 0.1) is 0 Å². The number of carbonyl (C=O) groups excluding carboxylic acids is 4. The zero-order valence-corrected chi connectivity index (χ0v) is 14.4. The Kier molecular flexibility index (Phi) is 7.15. The monoisotopic (exact) mass is 345 g/mol. The van der Waals surface area contributed by atoms with E-state index in [-0.39, 0.29) is 12.5 Å². The summed E-state index contributed by atoms with van der Waals surface area (Å²) >= 11 is 0. The number of carbonyl (C=O) groups is 4. The first-order valence-electron chi connectivity index (χ1n) is 7.52. The molecular formula is C15H23NO8. The molecule has 1 N–H and O–H groups in total. The van der Waals surface area contributed by atoms with Crippen LogP contribution in [-0.2, 0) is 38.1 Å². The molecule has 9 heteroatoms. The lowest BCUT2D eigenvalue weighted by atomic mass is 9.92. The molecule has 0 spiro atoms. The van der Waals surface area contributed by atoms with Gasteiger partial charge in [-0.2, -0.15) is 0 Å². The molecule has 1 aliphatic rings. The van der Waals surface area contributed by atoms with Crippen molar-refractivity contribution in [3.63, 3.8) is 0 Å². The van der Waals surface area contributed by atoms with E-state index in [1.165, 1.54) is 27.7 Å². The van der Waals surface area contributed by atoms with Gasteiger partial charge in [0.25, 0.3) is 0 Å². The van der Waals surface area contributed by atoms with Crippen LogP contribution in [0.2, 0.25) is 0 Å². The minimum atomic E-state index is -1.03. The summed E-state index contributed by atoms with van der Waals surface area (Å²) in [7, 11) is 0. The minimum absolute atomic E-state index is 0.178. The van der Waals surface area contributed by atoms with Gasteiger partial charge in [-0.15, -0.1) is 0 Å². The fourth-order valence-corrected chi connectivity index (χ4v) is 2.56. The van der Waals surface area contributed by atoms with E-state index in [0.29, 0.717) is 0 Å². The van der Waals surface area contributed by atoms with Crippen molar-refractivity contribution in [3.05, 3.63) is 0 Å². The SMILES string of the molecule is CC(=O)N[C@H]1C(C)OC(COC(C)=O)C(OC(C)=O)C1OC(C)=O. The van der Waals surface area contributed by atoms with E-state index in [0.717, 1.165) is 0 Å². The third kappa shape index (κ3) is 5.80. The summed E-state index contributed by atoms with van der Waals surface area (Å²) in [6.45, 7) is 6.43. The molecule has 24 heavy (non-hydrogen) atoms. The van der Waals surface area contributed by atoms with Crippen LogP contribution in [0.1, 0.15) is 34.6 Å². The second-order valence-electron chi connectivity index (χ2n) is 5.56. The van der Waals surface area contributed by atoms with Gasteiger partial charge in [-0.3, -0.25) is 19.2 Å². The molecule has 5 atom stereocenters. The maximum Gasteiger partial charge on any atom is 0.303 e. The van der Waals surface area contributed by atoms with E-state index in [1.807, 2.05) is 0 Å². The molecule has 136 valence electrons. The van der Waals surface area contributed by atoms with Crippen molar-refractivity contribution in [1.29, 1.82) is 0 Å². The smallest absolute Gasteiger partial charge is 0.303 e. The molecule has 1 amide bonds. The average molecular weight is 345 g/mol. The number of ether oxygens (including phenoxy) is 4. The van der Waals surface area contributed by atoms with Crippen LogP contribution >= 0.6 is 0 Å². The van der Waals surface area contributed by atoms with Crippen LogP contribution in [0.4, 0.5) is 0 Å². The molecule has 1 heterocycles. The molecule has 1 rings (SSSR count). The Morgan fingerprint density at radius 2 is 1.46 bits per heavy atom. The van der Waals surface area contributed by atoms with Crippen LogP contribution in [0.5, 0.6) is 0 Å². The number of hydrogen-bond donors (Lipinski definition) is 1. The minimum Gasteiger partial charge on any atom is -0.463 e. The molecule has 0 saturated carbocycles. The van der Waals surface area contributed by atoms with Gasteiger partial charge in [0.1, 0.15) is 12.7 Å². The highest BCUT2D eigenvalue weighted by molar-refractivity contribution is 5.73. The lowest BCUT2D eigenvalue weighted by Gasteiger charge is -2.44. The Morgan fingerprint density at radius 1 is 0.917 bits per heavy atom. The molecule has 0 aromatic rings. The summed E-state index contributed by atoms with van der Waals surface area (Å²) in [5.74, 6) is -2.11. The molecule has 1 aliphatic heterocycles. The first-order chi connectivity index (χ1) is 11.1. The average Bonchev–Trinajstić information content (AvgIpc) is 2.42. The van der Waals surface area contributed by atoms with E-state index >= 15 is 0 Å². The number of rotatable bonds is 5. The van der Waals surface area contributed by atoms with Crippen molar-refractivity contribution in [3.8, 4) is 0 Å². The number of nitrogens with one attached hydrogen (secondary N) is 1. The highest BCUT2D eigenvalue weighted by atomic mass is 16.6. The lowest BCUT2D eigenvalue weighted by Crippen LogP contribution is -2.65. The van der Waals surface area contributed by atoms with Crippen molar-refractivity contribution >= 4 is 23.8 Å². The van der Waals surface area contributed by atoms with Gasteiger partial charge in [0.15, 0.2) is 12.2 Å². The Morgan fingerprint density at radius 3 is 1.92 bits per heavy atom. The summed E-state index contributed by atoms with van der Waals surface area (Å²) in [5, 5.41) is 2.64. The predicted molar refractivity (Wildman–Crippen MR) is 79.7 cm³/mol. The molecule has 9 nitrogen and oxygen atoms in total. The van der Waals surface area contributed by atoms with E-state index in [2.05, 4.69) is 5.32 Å². The van der Waals surface area contributed by atoms with E-state index in [1.54, 1.807) is 6.92 Å². The van der Waals surface area contributed by atoms with E-state index < -0.39 is 48.4 Å². The van der Waals surface area contributed by atoms with Crippen LogP contribution in [0.3, 0.4) is 0 Å². The predicted octanol–water partition coefficient (Wildman–Crippen LogP) is -0.295. The molecule has 0 aliphatic carbocycles. The molecule has 0 bridgehead atoms. The topological polar surface area (TPSA) is 117 Å². The highest BCUT2D eigenvalue weighted by Gasteiger charge is 2.49. The Labute approximate surface area is 139 Å². The fraction of sp³-hybridized carbons (Fsp3) is 0.733. The van der Waals surface area contributed by atoms with Gasteiger partial charge in [0.05, 0.1) is 12.1 Å². The van der Waals surface area contributed by atoms with Gasteiger partial charge in [-0.05, 0) is 6.92 Å². The zero-order valence-electron chi connectivity index (χ0n) is 14.4. The largest absolute Gasteiger partial charge is 0.463 e. The highest BCUT2D eigenvalue weighted by Crippen LogP contribution is 2.26. The van der Waals surface area contributed by atoms with Crippen LogP contribution in [0.15, 0.2) is 0 Å². The van der Waals surface area contributed by atoms with E-state index in [9.17, 15) is 19.2 Å². The Bertz CT molecular complexity index is 506. The maximum atomic E-state index is 11.5. The van der Waals surface area contributed by atoms with Gasteiger partial charge < -0.3 is 24.3 Å². The number of amides is 1. The molecular weight excluding hydrogens is 322 g/mol. The fourth-order valence-electron chi connectivity index (χ4n) is 2.56. The van der Waals surface area contributed by atoms with Gasteiger partial charge in [-0.1, -0.05) is 0 Å². The quantitative estimate of drug-likeness (QED) is 0.533. The first-order valence-corrected chi connectivity index (χ1v) is 7.52. The summed E-state index contributed by atoms with van der Waals surface area (Å²) in [6, 6.07) is -0.718. The molecule has 1 fully saturated rings. The normalized spacial score (nSPS) is 29.3. The van der Waals surface area contributed by atoms with Crippen molar-refractivity contribution in [2.45, 2.75) is 65.1 Å². The van der Waals surface area contributed by atoms with Crippen LogP contribution < -0.4 is 5.32 Å². The summed E-state index contributed by atoms with van der Waals surface area (Å²) in [4.78, 5) is 45.3. The van der Waals surface area contributed by atoms with Crippen molar-refractivity contribution in [1.82, 2.24) is 5.32 Å². The van der Waals surface area contributed by atoms with Gasteiger partial charge in [0, 0.05) is 27.7 Å². The standard InChI is InChI=1S/C15H23NO8/c1-7-13(16-8(2)17)15(24-11(5)20)14(23-10(4)19)12(22-7)6-21-9(3)18/h7,12-15H,6H2,1-5H3,(H,16,17)/t7?,12?,13-,14?,15?/m0/s1. The molecule has 1 saturated heterocycles. The van der Waals surface area contributed by atoms with Crippen molar-refractivity contribution < 1.29 is 38.1 Å². The van der Waals surface area contributed by atoms with E-state index in [4.69, 9.17) is 18.9 Å². The van der Waals surface area contributed by atoms with Gasteiger partial charge >= 0.3 is 17.9 Å². The molecule has 0 aromatic carbocycles. The van der Waals surface area contributed by atoms with Crippen molar-refractivity contribution in [2.24, 2.45) is 0 Å². The van der Waals surface area contributed by atoms with Gasteiger partial charge in [-0.25, -0.2) is 0 Å². The lowest BCUT2D eigenvalue weighted by molar-refractivity contribution is -0.221. The Balaban J connectivity index is 3.11. The maximum absolute atomic E-state index is 11.5. The molecule has 0 aromatic heterocycles.